The minimum atomic E-state index is -0.764. The van der Waals surface area contributed by atoms with E-state index >= 15 is 0 Å². The summed E-state index contributed by atoms with van der Waals surface area (Å²) in [5, 5.41) is 9.56. The molecule has 1 N–H and O–H groups in total. The topological polar surface area (TPSA) is 49.8 Å². The number of benzene rings is 1. The van der Waals surface area contributed by atoms with Crippen LogP contribution in [0.5, 0.6) is 0 Å². The highest BCUT2D eigenvalue weighted by atomic mass is 16.5. The van der Waals surface area contributed by atoms with E-state index in [0.29, 0.717) is 0 Å². The number of ether oxygens (including phenoxy) is 1. The van der Waals surface area contributed by atoms with Gasteiger partial charge in [-0.1, -0.05) is 30.3 Å². The first-order chi connectivity index (χ1) is 9.70. The van der Waals surface area contributed by atoms with Crippen molar-refractivity contribution in [2.24, 2.45) is 0 Å². The van der Waals surface area contributed by atoms with Gasteiger partial charge >= 0.3 is 5.97 Å². The number of carboxylic acids is 1. The SMILES string of the molecule is O=C(O)C(c1ccccc1)N1CCC2(CCCO2)CC1. The number of rotatable bonds is 3. The molecule has 20 heavy (non-hydrogen) atoms. The second-order valence-electron chi connectivity index (χ2n) is 5.82. The molecule has 0 aliphatic carbocycles. The lowest BCUT2D eigenvalue weighted by molar-refractivity contribution is -0.146. The maximum atomic E-state index is 11.6. The second kappa shape index (κ2) is 5.54. The normalized spacial score (nSPS) is 23.8. The Balaban J connectivity index is 1.73. The van der Waals surface area contributed by atoms with Gasteiger partial charge in [0, 0.05) is 19.7 Å². The summed E-state index contributed by atoms with van der Waals surface area (Å²) in [6, 6.07) is 8.98. The highest BCUT2D eigenvalue weighted by Gasteiger charge is 2.41. The fourth-order valence-electron chi connectivity index (χ4n) is 3.48. The van der Waals surface area contributed by atoms with Crippen LogP contribution in [0.3, 0.4) is 0 Å². The van der Waals surface area contributed by atoms with Crippen LogP contribution in [0.25, 0.3) is 0 Å². The van der Waals surface area contributed by atoms with Gasteiger partial charge in [-0.05, 0) is 31.2 Å². The Hall–Kier alpha value is -1.39. The number of nitrogens with zero attached hydrogens (tertiary/aromatic N) is 1. The summed E-state index contributed by atoms with van der Waals surface area (Å²) in [4.78, 5) is 13.7. The Morgan fingerprint density at radius 1 is 1.20 bits per heavy atom. The molecule has 4 nitrogen and oxygen atoms in total. The number of carboxylic acid groups (broad SMARTS) is 1. The molecule has 2 aliphatic heterocycles. The van der Waals surface area contributed by atoms with Crippen LogP contribution in [0, 0.1) is 0 Å². The molecule has 2 fully saturated rings. The van der Waals surface area contributed by atoms with E-state index in [1.54, 1.807) is 0 Å². The molecule has 2 aliphatic rings. The molecule has 0 radical (unpaired) electrons. The van der Waals surface area contributed by atoms with E-state index in [4.69, 9.17) is 4.74 Å². The Labute approximate surface area is 119 Å². The first-order valence-electron chi connectivity index (χ1n) is 7.36. The fourth-order valence-corrected chi connectivity index (χ4v) is 3.48. The van der Waals surface area contributed by atoms with Gasteiger partial charge in [0.2, 0.25) is 0 Å². The molecular formula is C16H21NO3. The van der Waals surface area contributed by atoms with E-state index in [-0.39, 0.29) is 5.60 Å². The van der Waals surface area contributed by atoms with E-state index in [0.717, 1.165) is 50.9 Å². The summed E-state index contributed by atoms with van der Waals surface area (Å²) in [6.45, 7) is 2.46. The smallest absolute Gasteiger partial charge is 0.325 e. The van der Waals surface area contributed by atoms with E-state index in [1.165, 1.54) is 0 Å². The van der Waals surface area contributed by atoms with Crippen molar-refractivity contribution in [3.8, 4) is 0 Å². The fraction of sp³-hybridized carbons (Fsp3) is 0.562. The number of carbonyl (C=O) groups is 1. The van der Waals surface area contributed by atoms with E-state index in [9.17, 15) is 9.90 Å². The van der Waals surface area contributed by atoms with Gasteiger partial charge in [0.1, 0.15) is 6.04 Å². The summed E-state index contributed by atoms with van der Waals surface area (Å²) in [5.74, 6) is -0.764. The summed E-state index contributed by atoms with van der Waals surface area (Å²) < 4.78 is 5.90. The maximum Gasteiger partial charge on any atom is 0.325 e. The Kier molecular flexibility index (Phi) is 3.76. The zero-order valence-corrected chi connectivity index (χ0v) is 11.6. The number of likely N-dealkylation sites (tertiary alicyclic amines) is 1. The van der Waals surface area contributed by atoms with Crippen molar-refractivity contribution in [1.82, 2.24) is 4.90 Å². The monoisotopic (exact) mass is 275 g/mol. The van der Waals surface area contributed by atoms with Gasteiger partial charge in [0.05, 0.1) is 5.60 Å². The molecule has 108 valence electrons. The van der Waals surface area contributed by atoms with Crippen LogP contribution in [0.1, 0.15) is 37.3 Å². The standard InChI is InChI=1S/C16H21NO3/c18-15(19)14(13-5-2-1-3-6-13)17-10-8-16(9-11-17)7-4-12-20-16/h1-3,5-6,14H,4,7-12H2,(H,18,19). The molecule has 1 atom stereocenters. The van der Waals surface area contributed by atoms with Gasteiger partial charge < -0.3 is 9.84 Å². The lowest BCUT2D eigenvalue weighted by Crippen LogP contribution is -2.47. The van der Waals surface area contributed by atoms with Crippen molar-refractivity contribution < 1.29 is 14.6 Å². The number of piperidine rings is 1. The zero-order chi connectivity index (χ0) is 14.0. The first-order valence-corrected chi connectivity index (χ1v) is 7.36. The summed E-state index contributed by atoms with van der Waals surface area (Å²) in [6.07, 6.45) is 4.16. The van der Waals surface area contributed by atoms with Gasteiger partial charge in [0.25, 0.3) is 0 Å². The molecular weight excluding hydrogens is 254 g/mol. The molecule has 1 unspecified atom stereocenters. The average molecular weight is 275 g/mol. The highest BCUT2D eigenvalue weighted by Crippen LogP contribution is 2.37. The Bertz CT molecular complexity index is 458. The first kappa shape index (κ1) is 13.6. The molecule has 1 aromatic rings. The third-order valence-corrected chi connectivity index (χ3v) is 4.61. The van der Waals surface area contributed by atoms with Gasteiger partial charge in [-0.3, -0.25) is 9.69 Å². The summed E-state index contributed by atoms with van der Waals surface area (Å²) >= 11 is 0. The maximum absolute atomic E-state index is 11.6. The molecule has 0 aromatic heterocycles. The van der Waals surface area contributed by atoms with Crippen LogP contribution >= 0.6 is 0 Å². The highest BCUT2D eigenvalue weighted by molar-refractivity contribution is 5.75. The van der Waals surface area contributed by atoms with Crippen molar-refractivity contribution in [3.63, 3.8) is 0 Å². The van der Waals surface area contributed by atoms with E-state index in [1.807, 2.05) is 30.3 Å². The minimum absolute atomic E-state index is 0.0379. The molecule has 1 aromatic carbocycles. The van der Waals surface area contributed by atoms with Gasteiger partial charge in [-0.2, -0.15) is 0 Å². The third kappa shape index (κ3) is 2.58. The van der Waals surface area contributed by atoms with Crippen LogP contribution < -0.4 is 0 Å². The molecule has 2 heterocycles. The molecule has 0 saturated carbocycles. The van der Waals surface area contributed by atoms with Crippen LogP contribution in [0.15, 0.2) is 30.3 Å². The zero-order valence-electron chi connectivity index (χ0n) is 11.6. The quantitative estimate of drug-likeness (QED) is 0.920. The Morgan fingerprint density at radius 3 is 2.45 bits per heavy atom. The van der Waals surface area contributed by atoms with Crippen LogP contribution in [0.4, 0.5) is 0 Å². The lowest BCUT2D eigenvalue weighted by atomic mass is 9.87. The second-order valence-corrected chi connectivity index (χ2v) is 5.82. The average Bonchev–Trinajstić information content (AvgIpc) is 2.91. The van der Waals surface area contributed by atoms with Crippen LogP contribution in [-0.4, -0.2) is 41.3 Å². The van der Waals surface area contributed by atoms with E-state index in [2.05, 4.69) is 4.90 Å². The van der Waals surface area contributed by atoms with Crippen molar-refractivity contribution in [3.05, 3.63) is 35.9 Å². The molecule has 0 bridgehead atoms. The minimum Gasteiger partial charge on any atom is -0.480 e. The number of hydrogen-bond acceptors (Lipinski definition) is 3. The molecule has 1 spiro atoms. The third-order valence-electron chi connectivity index (χ3n) is 4.61. The van der Waals surface area contributed by atoms with Gasteiger partial charge in [0.15, 0.2) is 0 Å². The van der Waals surface area contributed by atoms with Crippen molar-refractivity contribution in [2.75, 3.05) is 19.7 Å². The molecule has 3 rings (SSSR count). The van der Waals surface area contributed by atoms with Gasteiger partial charge in [-0.15, -0.1) is 0 Å². The summed E-state index contributed by atoms with van der Waals surface area (Å²) in [7, 11) is 0. The van der Waals surface area contributed by atoms with Crippen LogP contribution in [-0.2, 0) is 9.53 Å². The molecule has 0 amide bonds. The van der Waals surface area contributed by atoms with Crippen molar-refractivity contribution in [2.45, 2.75) is 37.3 Å². The Morgan fingerprint density at radius 2 is 1.90 bits per heavy atom. The predicted molar refractivity (Wildman–Crippen MR) is 75.5 cm³/mol. The largest absolute Gasteiger partial charge is 0.480 e. The number of aliphatic carboxylic acids is 1. The number of hydrogen-bond donors (Lipinski definition) is 1. The van der Waals surface area contributed by atoms with E-state index < -0.39 is 12.0 Å². The molecule has 4 heteroatoms. The molecule has 2 saturated heterocycles. The van der Waals surface area contributed by atoms with Gasteiger partial charge in [-0.25, -0.2) is 0 Å². The lowest BCUT2D eigenvalue weighted by Gasteiger charge is -2.41. The van der Waals surface area contributed by atoms with Crippen LogP contribution in [0.2, 0.25) is 0 Å². The summed E-state index contributed by atoms with van der Waals surface area (Å²) in [5.41, 5.74) is 0.902. The van der Waals surface area contributed by atoms with Crippen molar-refractivity contribution >= 4 is 5.97 Å². The van der Waals surface area contributed by atoms with Crippen molar-refractivity contribution in [1.29, 1.82) is 0 Å². The predicted octanol–water partition coefficient (Wildman–Crippen LogP) is 2.46.